The molecule has 1 saturated heterocycles. The molecule has 5 nitrogen and oxygen atoms in total. The molecule has 2 unspecified atom stereocenters. The van der Waals surface area contributed by atoms with E-state index in [9.17, 15) is 9.59 Å². The van der Waals surface area contributed by atoms with Gasteiger partial charge in [0.25, 0.3) is 0 Å². The summed E-state index contributed by atoms with van der Waals surface area (Å²) in [5, 5.41) is 5.75. The highest BCUT2D eigenvalue weighted by Crippen LogP contribution is 2.25. The van der Waals surface area contributed by atoms with E-state index in [1.54, 1.807) is 0 Å². The molecule has 1 fully saturated rings. The predicted molar refractivity (Wildman–Crippen MR) is 104 cm³/mol. The first-order chi connectivity index (χ1) is 12.5. The molecule has 3 amide bonds. The molecule has 0 radical (unpaired) electrons. The van der Waals surface area contributed by atoms with Crippen LogP contribution in [0.3, 0.4) is 0 Å². The zero-order valence-electron chi connectivity index (χ0n) is 14.6. The maximum absolute atomic E-state index is 12.3. The number of likely N-dealkylation sites (tertiary alicyclic amines) is 1. The molecule has 1 aliphatic heterocycles. The van der Waals surface area contributed by atoms with E-state index in [4.69, 9.17) is 0 Å². The van der Waals surface area contributed by atoms with Gasteiger partial charge in [-0.2, -0.15) is 0 Å². The number of urea groups is 1. The molecule has 0 aliphatic carbocycles. The van der Waals surface area contributed by atoms with Gasteiger partial charge in [-0.25, -0.2) is 4.79 Å². The number of rotatable bonds is 5. The van der Waals surface area contributed by atoms with Crippen LogP contribution < -0.4 is 10.6 Å². The van der Waals surface area contributed by atoms with Crippen molar-refractivity contribution in [3.05, 3.63) is 70.2 Å². The Morgan fingerprint density at radius 3 is 2.58 bits per heavy atom. The summed E-state index contributed by atoms with van der Waals surface area (Å²) in [5.74, 6) is 0.0690. The summed E-state index contributed by atoms with van der Waals surface area (Å²) in [6, 6.07) is 17.3. The van der Waals surface area contributed by atoms with Gasteiger partial charge in [0.15, 0.2) is 0 Å². The van der Waals surface area contributed by atoms with E-state index < -0.39 is 0 Å². The number of halogens is 1. The molecule has 0 spiro atoms. The molecule has 0 aromatic heterocycles. The average molecular weight is 416 g/mol. The van der Waals surface area contributed by atoms with Crippen LogP contribution in [0, 0.1) is 0 Å². The summed E-state index contributed by atoms with van der Waals surface area (Å²) in [5.41, 5.74) is 2.12. The molecule has 2 atom stereocenters. The van der Waals surface area contributed by atoms with Gasteiger partial charge in [-0.1, -0.05) is 58.4 Å². The van der Waals surface area contributed by atoms with Crippen LogP contribution in [-0.4, -0.2) is 29.4 Å². The molecule has 2 aromatic carbocycles. The summed E-state index contributed by atoms with van der Waals surface area (Å²) in [6.07, 6.45) is 0.336. The minimum Gasteiger partial charge on any atom is -0.334 e. The Bertz CT molecular complexity index is 764. The average Bonchev–Trinajstić information content (AvgIpc) is 3.01. The molecule has 1 heterocycles. The van der Waals surface area contributed by atoms with Crippen molar-refractivity contribution in [1.29, 1.82) is 0 Å². The van der Waals surface area contributed by atoms with Crippen LogP contribution >= 0.6 is 15.9 Å². The van der Waals surface area contributed by atoms with Gasteiger partial charge >= 0.3 is 6.03 Å². The Hall–Kier alpha value is -2.34. The third-order valence-corrected chi connectivity index (χ3v) is 5.14. The first kappa shape index (κ1) is 18.5. The SMILES string of the molecule is CC(c1ccccc1)N1CC(NC(=O)NCc2ccc(Br)cc2)CC1=O. The van der Waals surface area contributed by atoms with Crippen molar-refractivity contribution in [3.8, 4) is 0 Å². The fourth-order valence-electron chi connectivity index (χ4n) is 3.14. The lowest BCUT2D eigenvalue weighted by molar-refractivity contribution is -0.129. The van der Waals surface area contributed by atoms with Crippen molar-refractivity contribution in [1.82, 2.24) is 15.5 Å². The largest absolute Gasteiger partial charge is 0.334 e. The molecular formula is C20H22BrN3O2. The quantitative estimate of drug-likeness (QED) is 0.783. The van der Waals surface area contributed by atoms with Crippen molar-refractivity contribution in [2.45, 2.75) is 32.0 Å². The second-order valence-corrected chi connectivity index (χ2v) is 7.40. The van der Waals surface area contributed by atoms with E-state index in [-0.39, 0.29) is 24.0 Å². The van der Waals surface area contributed by atoms with Crippen LogP contribution in [0.1, 0.15) is 30.5 Å². The highest BCUT2D eigenvalue weighted by Gasteiger charge is 2.33. The maximum Gasteiger partial charge on any atom is 0.315 e. The van der Waals surface area contributed by atoms with E-state index in [0.717, 1.165) is 15.6 Å². The molecule has 1 aliphatic rings. The summed E-state index contributed by atoms with van der Waals surface area (Å²) in [7, 11) is 0. The minimum absolute atomic E-state index is 0.00123. The summed E-state index contributed by atoms with van der Waals surface area (Å²) < 4.78 is 1.00. The van der Waals surface area contributed by atoms with Crippen molar-refractivity contribution in [2.24, 2.45) is 0 Å². The molecule has 26 heavy (non-hydrogen) atoms. The topological polar surface area (TPSA) is 61.4 Å². The smallest absolute Gasteiger partial charge is 0.315 e. The zero-order chi connectivity index (χ0) is 18.5. The second kappa shape index (κ2) is 8.36. The summed E-state index contributed by atoms with van der Waals surface area (Å²) >= 11 is 3.39. The van der Waals surface area contributed by atoms with E-state index in [0.29, 0.717) is 19.5 Å². The van der Waals surface area contributed by atoms with Gasteiger partial charge < -0.3 is 15.5 Å². The standard InChI is InChI=1S/C20H22BrN3O2/c1-14(16-5-3-2-4-6-16)24-13-18(11-19(24)25)23-20(26)22-12-15-7-9-17(21)10-8-15/h2-10,14,18H,11-13H2,1H3,(H2,22,23,26). The third-order valence-electron chi connectivity index (χ3n) is 4.61. The monoisotopic (exact) mass is 415 g/mol. The Morgan fingerprint density at radius 2 is 1.88 bits per heavy atom. The third kappa shape index (κ3) is 4.64. The van der Waals surface area contributed by atoms with Gasteiger partial charge in [0.2, 0.25) is 5.91 Å². The Morgan fingerprint density at radius 1 is 1.19 bits per heavy atom. The zero-order valence-corrected chi connectivity index (χ0v) is 16.2. The number of benzene rings is 2. The van der Waals surface area contributed by atoms with Gasteiger partial charge in [0.1, 0.15) is 0 Å². The number of hydrogen-bond donors (Lipinski definition) is 2. The van der Waals surface area contributed by atoms with Crippen LogP contribution in [0.4, 0.5) is 4.79 Å². The van der Waals surface area contributed by atoms with Crippen molar-refractivity contribution < 1.29 is 9.59 Å². The van der Waals surface area contributed by atoms with E-state index in [1.807, 2.05) is 66.4 Å². The highest BCUT2D eigenvalue weighted by atomic mass is 79.9. The van der Waals surface area contributed by atoms with Crippen molar-refractivity contribution in [2.75, 3.05) is 6.54 Å². The molecule has 136 valence electrons. The predicted octanol–water partition coefficient (Wildman–Crippen LogP) is 3.61. The number of nitrogens with one attached hydrogen (secondary N) is 2. The Kier molecular flexibility index (Phi) is 5.93. The van der Waals surface area contributed by atoms with Gasteiger partial charge in [-0.15, -0.1) is 0 Å². The number of nitrogens with zero attached hydrogens (tertiary/aromatic N) is 1. The number of carbonyl (C=O) groups excluding carboxylic acids is 2. The first-order valence-electron chi connectivity index (χ1n) is 8.66. The Labute approximate surface area is 161 Å². The summed E-state index contributed by atoms with van der Waals surface area (Å²) in [6.45, 7) is 2.99. The van der Waals surface area contributed by atoms with E-state index in [1.165, 1.54) is 0 Å². The molecule has 0 saturated carbocycles. The summed E-state index contributed by atoms with van der Waals surface area (Å²) in [4.78, 5) is 26.3. The van der Waals surface area contributed by atoms with Crippen molar-refractivity contribution in [3.63, 3.8) is 0 Å². The Balaban J connectivity index is 1.50. The fraction of sp³-hybridized carbons (Fsp3) is 0.300. The van der Waals surface area contributed by atoms with Gasteiger partial charge in [0, 0.05) is 24.0 Å². The van der Waals surface area contributed by atoms with Gasteiger partial charge in [-0.05, 0) is 30.2 Å². The molecule has 2 aromatic rings. The lowest BCUT2D eigenvalue weighted by atomic mass is 10.1. The first-order valence-corrected chi connectivity index (χ1v) is 9.45. The fourth-order valence-corrected chi connectivity index (χ4v) is 3.40. The van der Waals surface area contributed by atoms with Crippen LogP contribution in [0.15, 0.2) is 59.1 Å². The number of amides is 3. The number of carbonyl (C=O) groups is 2. The molecule has 0 bridgehead atoms. The minimum atomic E-state index is -0.250. The normalized spacial score (nSPS) is 17.8. The van der Waals surface area contributed by atoms with Crippen LogP contribution in [0.5, 0.6) is 0 Å². The van der Waals surface area contributed by atoms with Crippen molar-refractivity contribution >= 4 is 27.9 Å². The number of hydrogen-bond acceptors (Lipinski definition) is 2. The van der Waals surface area contributed by atoms with Crippen LogP contribution in [0.2, 0.25) is 0 Å². The lowest BCUT2D eigenvalue weighted by Crippen LogP contribution is -2.43. The maximum atomic E-state index is 12.3. The van der Waals surface area contributed by atoms with Gasteiger partial charge in [0.05, 0.1) is 12.1 Å². The molecule has 3 rings (SSSR count). The van der Waals surface area contributed by atoms with Crippen LogP contribution in [0.25, 0.3) is 0 Å². The van der Waals surface area contributed by atoms with E-state index >= 15 is 0 Å². The lowest BCUT2D eigenvalue weighted by Gasteiger charge is -2.25. The van der Waals surface area contributed by atoms with E-state index in [2.05, 4.69) is 26.6 Å². The molecule has 6 heteroatoms. The van der Waals surface area contributed by atoms with Gasteiger partial charge in [-0.3, -0.25) is 4.79 Å². The highest BCUT2D eigenvalue weighted by molar-refractivity contribution is 9.10. The second-order valence-electron chi connectivity index (χ2n) is 6.49. The van der Waals surface area contributed by atoms with Crippen LogP contribution in [-0.2, 0) is 11.3 Å². The molecule has 2 N–H and O–H groups in total. The molecular weight excluding hydrogens is 394 g/mol.